The molecule has 24 heavy (non-hydrogen) atoms. The second-order valence-electron chi connectivity index (χ2n) is 5.52. The second kappa shape index (κ2) is 7.96. The predicted octanol–water partition coefficient (Wildman–Crippen LogP) is 1.22. The molecule has 0 unspecified atom stereocenters. The number of carbonyl (C=O) groups is 2. The minimum Gasteiger partial charge on any atom is -0.453 e. The van der Waals surface area contributed by atoms with Gasteiger partial charge in [0.2, 0.25) is 10.0 Å². The number of nitrogens with one attached hydrogen (secondary N) is 2. The van der Waals surface area contributed by atoms with E-state index in [2.05, 4.69) is 10.0 Å². The zero-order valence-corrected chi connectivity index (χ0v) is 14.7. The zero-order valence-electron chi connectivity index (χ0n) is 13.1. The minimum absolute atomic E-state index is 0.0532. The number of hydrogen-bond donors (Lipinski definition) is 2. The average Bonchev–Trinajstić information content (AvgIpc) is 3.31. The molecule has 2 rings (SSSR count). The first-order valence-electron chi connectivity index (χ1n) is 7.53. The summed E-state index contributed by atoms with van der Waals surface area (Å²) in [6.07, 6.45) is 0.817. The van der Waals surface area contributed by atoms with E-state index in [0.717, 1.165) is 12.8 Å². The van der Waals surface area contributed by atoms with Gasteiger partial charge in [0.1, 0.15) is 0 Å². The van der Waals surface area contributed by atoms with E-state index in [9.17, 15) is 18.0 Å². The fourth-order valence-electron chi connectivity index (χ4n) is 1.84. The van der Waals surface area contributed by atoms with Crippen LogP contribution in [0.5, 0.6) is 0 Å². The van der Waals surface area contributed by atoms with Gasteiger partial charge in [-0.05, 0) is 44.0 Å². The van der Waals surface area contributed by atoms with Gasteiger partial charge >= 0.3 is 5.97 Å². The summed E-state index contributed by atoms with van der Waals surface area (Å²) in [5, 5.41) is 3.15. The third kappa shape index (κ3) is 5.77. The number of carbonyl (C=O) groups excluding carboxylic acids is 2. The number of halogens is 1. The van der Waals surface area contributed by atoms with Crippen molar-refractivity contribution in [2.75, 3.05) is 6.54 Å². The summed E-state index contributed by atoms with van der Waals surface area (Å²) in [5.74, 6) is -0.986. The SMILES string of the molecule is C[C@H](OC(=O)CCNS(=O)(=O)c1ccc(Cl)cc1)C(=O)NC1CC1. The molecule has 1 aromatic carbocycles. The smallest absolute Gasteiger partial charge is 0.307 e. The minimum atomic E-state index is -3.72. The quantitative estimate of drug-likeness (QED) is 0.666. The Morgan fingerprint density at radius 1 is 1.29 bits per heavy atom. The topological polar surface area (TPSA) is 102 Å². The molecular weight excluding hydrogens is 356 g/mol. The van der Waals surface area contributed by atoms with Crippen molar-refractivity contribution in [3.8, 4) is 0 Å². The number of hydrogen-bond acceptors (Lipinski definition) is 5. The van der Waals surface area contributed by atoms with Crippen molar-refractivity contribution in [1.82, 2.24) is 10.0 Å². The molecule has 0 saturated heterocycles. The largest absolute Gasteiger partial charge is 0.453 e. The van der Waals surface area contributed by atoms with Crippen LogP contribution in [0.3, 0.4) is 0 Å². The summed E-state index contributed by atoms with van der Waals surface area (Å²) in [6, 6.07) is 5.85. The fourth-order valence-corrected chi connectivity index (χ4v) is 3.00. The third-order valence-corrected chi connectivity index (χ3v) is 5.08. The number of esters is 1. The van der Waals surface area contributed by atoms with Crippen LogP contribution < -0.4 is 10.0 Å². The third-order valence-electron chi connectivity index (χ3n) is 3.35. The van der Waals surface area contributed by atoms with Crippen molar-refractivity contribution in [2.45, 2.75) is 43.2 Å². The monoisotopic (exact) mass is 374 g/mol. The summed E-state index contributed by atoms with van der Waals surface area (Å²) >= 11 is 5.71. The van der Waals surface area contributed by atoms with Crippen LogP contribution >= 0.6 is 11.6 Å². The normalized spacial score (nSPS) is 15.6. The van der Waals surface area contributed by atoms with Crippen LogP contribution in [0.1, 0.15) is 26.2 Å². The van der Waals surface area contributed by atoms with Crippen molar-refractivity contribution in [2.24, 2.45) is 0 Å². The van der Waals surface area contributed by atoms with E-state index in [1.54, 1.807) is 0 Å². The van der Waals surface area contributed by atoms with E-state index < -0.39 is 22.1 Å². The first kappa shape index (κ1) is 18.7. The number of benzene rings is 1. The highest BCUT2D eigenvalue weighted by Crippen LogP contribution is 2.18. The van der Waals surface area contributed by atoms with E-state index >= 15 is 0 Å². The van der Waals surface area contributed by atoms with Gasteiger partial charge in [0.15, 0.2) is 6.10 Å². The van der Waals surface area contributed by atoms with Crippen molar-refractivity contribution >= 4 is 33.5 Å². The van der Waals surface area contributed by atoms with Gasteiger partial charge < -0.3 is 10.1 Å². The van der Waals surface area contributed by atoms with E-state index in [1.165, 1.54) is 31.2 Å². The van der Waals surface area contributed by atoms with E-state index in [1.807, 2.05) is 0 Å². The Labute approximate surface area is 145 Å². The maximum Gasteiger partial charge on any atom is 0.307 e. The van der Waals surface area contributed by atoms with Crippen LogP contribution in [0, 0.1) is 0 Å². The Morgan fingerprint density at radius 3 is 2.50 bits per heavy atom. The van der Waals surface area contributed by atoms with Crippen LogP contribution in [0.15, 0.2) is 29.2 Å². The van der Waals surface area contributed by atoms with Gasteiger partial charge in [0.05, 0.1) is 11.3 Å². The molecule has 132 valence electrons. The van der Waals surface area contributed by atoms with Crippen molar-refractivity contribution in [3.63, 3.8) is 0 Å². The molecule has 0 heterocycles. The Balaban J connectivity index is 1.75. The van der Waals surface area contributed by atoms with Gasteiger partial charge in [-0.3, -0.25) is 9.59 Å². The lowest BCUT2D eigenvalue weighted by atomic mass is 10.3. The molecule has 7 nitrogen and oxygen atoms in total. The molecule has 1 saturated carbocycles. The van der Waals surface area contributed by atoms with Gasteiger partial charge in [-0.1, -0.05) is 11.6 Å². The van der Waals surface area contributed by atoms with Gasteiger partial charge in [0, 0.05) is 17.6 Å². The van der Waals surface area contributed by atoms with Crippen molar-refractivity contribution < 1.29 is 22.7 Å². The lowest BCUT2D eigenvalue weighted by molar-refractivity contribution is -0.154. The zero-order chi connectivity index (χ0) is 17.7. The van der Waals surface area contributed by atoms with Crippen LogP contribution in [0.2, 0.25) is 5.02 Å². The molecule has 1 aromatic rings. The van der Waals surface area contributed by atoms with E-state index in [0.29, 0.717) is 5.02 Å². The Kier molecular flexibility index (Phi) is 6.20. The number of rotatable bonds is 8. The maximum absolute atomic E-state index is 12.0. The molecule has 2 N–H and O–H groups in total. The number of amides is 1. The van der Waals surface area contributed by atoms with Crippen LogP contribution in [-0.2, 0) is 24.3 Å². The van der Waals surface area contributed by atoms with Crippen LogP contribution in [0.4, 0.5) is 0 Å². The highest BCUT2D eigenvalue weighted by Gasteiger charge is 2.27. The molecule has 0 aromatic heterocycles. The van der Waals surface area contributed by atoms with Crippen LogP contribution in [0.25, 0.3) is 0 Å². The van der Waals surface area contributed by atoms with Gasteiger partial charge in [-0.25, -0.2) is 13.1 Å². The van der Waals surface area contributed by atoms with Gasteiger partial charge in [-0.15, -0.1) is 0 Å². The molecule has 1 aliphatic carbocycles. The lowest BCUT2D eigenvalue weighted by Crippen LogP contribution is -2.37. The van der Waals surface area contributed by atoms with Crippen molar-refractivity contribution in [3.05, 3.63) is 29.3 Å². The molecule has 1 amide bonds. The molecule has 0 bridgehead atoms. The average molecular weight is 375 g/mol. The standard InChI is InChI=1S/C15H19ClN2O5S/c1-10(15(20)18-12-4-5-12)23-14(19)8-9-17-24(21,22)13-6-2-11(16)3-7-13/h2-3,6-7,10,12,17H,4-5,8-9H2,1H3,(H,18,20)/t10-/m0/s1. The summed E-state index contributed by atoms with van der Waals surface area (Å²) in [6.45, 7) is 1.36. The molecule has 1 fully saturated rings. The van der Waals surface area contributed by atoms with E-state index in [4.69, 9.17) is 16.3 Å². The Morgan fingerprint density at radius 2 is 1.92 bits per heavy atom. The summed E-state index contributed by atoms with van der Waals surface area (Å²) in [7, 11) is -3.72. The Hall–Kier alpha value is -1.64. The molecule has 0 aliphatic heterocycles. The molecular formula is C15H19ClN2O5S. The van der Waals surface area contributed by atoms with Gasteiger partial charge in [-0.2, -0.15) is 0 Å². The maximum atomic E-state index is 12.0. The lowest BCUT2D eigenvalue weighted by Gasteiger charge is -2.13. The van der Waals surface area contributed by atoms with Crippen molar-refractivity contribution in [1.29, 1.82) is 0 Å². The predicted molar refractivity (Wildman–Crippen MR) is 88.0 cm³/mol. The number of ether oxygens (including phenoxy) is 1. The number of sulfonamides is 1. The fraction of sp³-hybridized carbons (Fsp3) is 0.467. The van der Waals surface area contributed by atoms with Crippen LogP contribution in [-0.4, -0.2) is 39.0 Å². The Bertz CT molecular complexity index is 701. The highest BCUT2D eigenvalue weighted by atomic mass is 35.5. The molecule has 1 atom stereocenters. The summed E-state index contributed by atoms with van der Waals surface area (Å²) < 4.78 is 31.3. The molecule has 0 radical (unpaired) electrons. The van der Waals surface area contributed by atoms with E-state index in [-0.39, 0.29) is 29.8 Å². The first-order valence-corrected chi connectivity index (χ1v) is 9.39. The molecule has 0 spiro atoms. The highest BCUT2D eigenvalue weighted by molar-refractivity contribution is 7.89. The first-order chi connectivity index (χ1) is 11.3. The van der Waals surface area contributed by atoms with Gasteiger partial charge in [0.25, 0.3) is 5.91 Å². The summed E-state index contributed by atoms with van der Waals surface area (Å²) in [4.78, 5) is 23.4. The second-order valence-corrected chi connectivity index (χ2v) is 7.72. The summed E-state index contributed by atoms with van der Waals surface area (Å²) in [5.41, 5.74) is 0. The molecule has 9 heteroatoms. The molecule has 1 aliphatic rings.